The van der Waals surface area contributed by atoms with Crippen LogP contribution in [0.3, 0.4) is 0 Å². The van der Waals surface area contributed by atoms with Gasteiger partial charge >= 0.3 is 0 Å². The topological polar surface area (TPSA) is 29.1 Å². The molecular formula is C11H16ClNOS. The maximum atomic E-state index is 10.8. The molecule has 0 aliphatic carbocycles. The largest absolute Gasteiger partial charge is 0.313 e. The first-order valence-electron chi connectivity index (χ1n) is 4.94. The predicted octanol–water partition coefficient (Wildman–Crippen LogP) is 2.20. The van der Waals surface area contributed by atoms with Gasteiger partial charge in [-0.15, -0.1) is 0 Å². The Hall–Kier alpha value is -0.380. The number of rotatable bonds is 6. The SMILES string of the molecule is CS(=O)CCCNCc1ccccc1Cl. The second-order valence-electron chi connectivity index (χ2n) is 3.40. The van der Waals surface area contributed by atoms with E-state index in [4.69, 9.17) is 11.6 Å². The Balaban J connectivity index is 2.21. The third-order valence-corrected chi connectivity index (χ3v) is 3.29. The molecule has 0 saturated carbocycles. The van der Waals surface area contributed by atoms with E-state index in [2.05, 4.69) is 5.32 Å². The molecule has 0 fully saturated rings. The molecule has 4 heteroatoms. The van der Waals surface area contributed by atoms with E-state index in [0.29, 0.717) is 0 Å². The lowest BCUT2D eigenvalue weighted by atomic mass is 10.2. The highest BCUT2D eigenvalue weighted by Gasteiger charge is 1.97. The molecule has 1 rings (SSSR count). The fourth-order valence-corrected chi connectivity index (χ4v) is 2.02. The molecule has 0 radical (unpaired) electrons. The minimum Gasteiger partial charge on any atom is -0.313 e. The normalized spacial score (nSPS) is 12.7. The molecule has 84 valence electrons. The average Bonchev–Trinajstić information content (AvgIpc) is 2.20. The molecule has 1 N–H and O–H groups in total. The molecule has 15 heavy (non-hydrogen) atoms. The highest BCUT2D eigenvalue weighted by Crippen LogP contribution is 2.13. The first kappa shape index (κ1) is 12.7. The van der Waals surface area contributed by atoms with Gasteiger partial charge in [-0.3, -0.25) is 4.21 Å². The Morgan fingerprint density at radius 3 is 2.80 bits per heavy atom. The van der Waals surface area contributed by atoms with Crippen LogP contribution in [0.15, 0.2) is 24.3 Å². The van der Waals surface area contributed by atoms with Crippen molar-refractivity contribution in [3.8, 4) is 0 Å². The molecule has 0 saturated heterocycles. The van der Waals surface area contributed by atoms with Gasteiger partial charge in [0.05, 0.1) is 0 Å². The maximum absolute atomic E-state index is 10.8. The van der Waals surface area contributed by atoms with E-state index in [1.165, 1.54) is 0 Å². The van der Waals surface area contributed by atoms with E-state index in [1.807, 2.05) is 24.3 Å². The number of benzene rings is 1. The van der Waals surface area contributed by atoms with Crippen molar-refractivity contribution < 1.29 is 4.21 Å². The lowest BCUT2D eigenvalue weighted by Gasteiger charge is -2.05. The summed E-state index contributed by atoms with van der Waals surface area (Å²) in [7, 11) is -0.684. The Morgan fingerprint density at radius 1 is 1.40 bits per heavy atom. The van der Waals surface area contributed by atoms with Gasteiger partial charge in [0.1, 0.15) is 0 Å². The summed E-state index contributed by atoms with van der Waals surface area (Å²) in [6, 6.07) is 7.79. The fraction of sp³-hybridized carbons (Fsp3) is 0.455. The van der Waals surface area contributed by atoms with Gasteiger partial charge < -0.3 is 5.32 Å². The van der Waals surface area contributed by atoms with E-state index in [9.17, 15) is 4.21 Å². The Kier molecular flexibility index (Phi) is 5.91. The minimum atomic E-state index is -0.684. The summed E-state index contributed by atoms with van der Waals surface area (Å²) in [4.78, 5) is 0. The molecular weight excluding hydrogens is 230 g/mol. The Morgan fingerprint density at radius 2 is 2.13 bits per heavy atom. The zero-order valence-corrected chi connectivity index (χ0v) is 10.4. The number of hydrogen-bond acceptors (Lipinski definition) is 2. The molecule has 1 aromatic rings. The van der Waals surface area contributed by atoms with E-state index < -0.39 is 10.8 Å². The van der Waals surface area contributed by atoms with Crippen LogP contribution in [-0.4, -0.2) is 22.8 Å². The van der Waals surface area contributed by atoms with E-state index in [0.717, 1.165) is 35.8 Å². The van der Waals surface area contributed by atoms with Gasteiger partial charge in [-0.25, -0.2) is 0 Å². The van der Waals surface area contributed by atoms with Crippen LogP contribution in [0.1, 0.15) is 12.0 Å². The van der Waals surface area contributed by atoms with Gasteiger partial charge in [0.2, 0.25) is 0 Å². The maximum Gasteiger partial charge on any atom is 0.0450 e. The summed E-state index contributed by atoms with van der Waals surface area (Å²) in [5, 5.41) is 4.07. The molecule has 0 heterocycles. The van der Waals surface area contributed by atoms with Gasteiger partial charge in [0.15, 0.2) is 0 Å². The van der Waals surface area contributed by atoms with E-state index >= 15 is 0 Å². The average molecular weight is 246 g/mol. The number of hydrogen-bond donors (Lipinski definition) is 1. The zero-order chi connectivity index (χ0) is 11.1. The quantitative estimate of drug-likeness (QED) is 0.779. The van der Waals surface area contributed by atoms with E-state index in [1.54, 1.807) is 6.26 Å². The second-order valence-corrected chi connectivity index (χ2v) is 5.36. The molecule has 0 aromatic heterocycles. The van der Waals surface area contributed by atoms with Crippen molar-refractivity contribution in [2.45, 2.75) is 13.0 Å². The van der Waals surface area contributed by atoms with Gasteiger partial charge in [0, 0.05) is 34.4 Å². The van der Waals surface area contributed by atoms with Crippen molar-refractivity contribution >= 4 is 22.4 Å². The van der Waals surface area contributed by atoms with Crippen LogP contribution in [0.4, 0.5) is 0 Å². The van der Waals surface area contributed by atoms with Gasteiger partial charge in [-0.05, 0) is 24.6 Å². The van der Waals surface area contributed by atoms with E-state index in [-0.39, 0.29) is 0 Å². The molecule has 0 amide bonds. The van der Waals surface area contributed by atoms with Crippen LogP contribution in [-0.2, 0) is 17.3 Å². The number of nitrogens with one attached hydrogen (secondary N) is 1. The van der Waals surface area contributed by atoms with Crippen LogP contribution < -0.4 is 5.32 Å². The molecule has 0 spiro atoms. The molecule has 1 aromatic carbocycles. The van der Waals surface area contributed by atoms with Crippen molar-refractivity contribution in [1.82, 2.24) is 5.32 Å². The van der Waals surface area contributed by atoms with Crippen molar-refractivity contribution in [2.75, 3.05) is 18.6 Å². The highest BCUT2D eigenvalue weighted by atomic mass is 35.5. The van der Waals surface area contributed by atoms with Crippen LogP contribution in [0.2, 0.25) is 5.02 Å². The van der Waals surface area contributed by atoms with Gasteiger partial charge in [-0.2, -0.15) is 0 Å². The van der Waals surface area contributed by atoms with Crippen LogP contribution >= 0.6 is 11.6 Å². The van der Waals surface area contributed by atoms with Crippen molar-refractivity contribution in [3.05, 3.63) is 34.9 Å². The third kappa shape index (κ3) is 5.30. The van der Waals surface area contributed by atoms with Crippen molar-refractivity contribution in [3.63, 3.8) is 0 Å². The predicted molar refractivity (Wildman–Crippen MR) is 66.7 cm³/mol. The smallest absolute Gasteiger partial charge is 0.0450 e. The first-order valence-corrected chi connectivity index (χ1v) is 7.05. The van der Waals surface area contributed by atoms with Crippen molar-refractivity contribution in [2.24, 2.45) is 0 Å². The van der Waals surface area contributed by atoms with Crippen LogP contribution in [0, 0.1) is 0 Å². The Labute approximate surface area is 98.5 Å². The molecule has 2 nitrogen and oxygen atoms in total. The monoisotopic (exact) mass is 245 g/mol. The highest BCUT2D eigenvalue weighted by molar-refractivity contribution is 7.84. The summed E-state index contributed by atoms with van der Waals surface area (Å²) < 4.78 is 10.8. The van der Waals surface area contributed by atoms with Crippen LogP contribution in [0.5, 0.6) is 0 Å². The Bertz CT molecular complexity index is 330. The minimum absolute atomic E-state index is 0.684. The summed E-state index contributed by atoms with van der Waals surface area (Å²) in [5.74, 6) is 0.759. The lowest BCUT2D eigenvalue weighted by molar-refractivity contribution is 0.662. The molecule has 0 aliphatic heterocycles. The van der Waals surface area contributed by atoms with Crippen LogP contribution in [0.25, 0.3) is 0 Å². The number of halogens is 1. The van der Waals surface area contributed by atoms with Gasteiger partial charge in [-0.1, -0.05) is 29.8 Å². The zero-order valence-electron chi connectivity index (χ0n) is 8.83. The molecule has 1 unspecified atom stereocenters. The fourth-order valence-electron chi connectivity index (χ4n) is 1.27. The lowest BCUT2D eigenvalue weighted by Crippen LogP contribution is -2.16. The molecule has 1 atom stereocenters. The summed E-state index contributed by atoms with van der Waals surface area (Å²) in [5.41, 5.74) is 1.11. The summed E-state index contributed by atoms with van der Waals surface area (Å²) >= 11 is 6.00. The molecule has 0 bridgehead atoms. The summed E-state index contributed by atoms with van der Waals surface area (Å²) in [6.45, 7) is 1.65. The third-order valence-electron chi connectivity index (χ3n) is 2.06. The van der Waals surface area contributed by atoms with Crippen molar-refractivity contribution in [1.29, 1.82) is 0 Å². The summed E-state index contributed by atoms with van der Waals surface area (Å²) in [6.07, 6.45) is 2.67. The molecule has 0 aliphatic rings. The second kappa shape index (κ2) is 6.99. The van der Waals surface area contributed by atoms with Gasteiger partial charge in [0.25, 0.3) is 0 Å². The standard InChI is InChI=1S/C11H16ClNOS/c1-15(14)8-4-7-13-9-10-5-2-3-6-11(10)12/h2-3,5-6,13H,4,7-9H2,1H3. The first-order chi connectivity index (χ1) is 7.20.